The van der Waals surface area contributed by atoms with E-state index in [0.717, 1.165) is 23.0 Å². The smallest absolute Gasteiger partial charge is 0.230 e. The summed E-state index contributed by atoms with van der Waals surface area (Å²) in [5.41, 5.74) is 1.25. The molecule has 2 fully saturated rings. The highest BCUT2D eigenvalue weighted by molar-refractivity contribution is 9.10. The third-order valence-electron chi connectivity index (χ3n) is 6.42. The Balaban J connectivity index is 1.50. The van der Waals surface area contributed by atoms with Gasteiger partial charge in [-0.05, 0) is 71.1 Å². The molecule has 3 heterocycles. The molecule has 1 amide bonds. The van der Waals surface area contributed by atoms with Crippen LogP contribution in [0.5, 0.6) is 0 Å². The van der Waals surface area contributed by atoms with Crippen molar-refractivity contribution < 1.29 is 18.3 Å². The van der Waals surface area contributed by atoms with Crippen molar-refractivity contribution in [3.05, 3.63) is 63.4 Å². The number of carbonyl (C=O) groups is 1. The topological polar surface area (TPSA) is 54.5 Å². The number of nitrogens with zero attached hydrogens (tertiary/aromatic N) is 2. The van der Waals surface area contributed by atoms with Crippen LogP contribution in [0.3, 0.4) is 0 Å². The molecule has 2 aromatic rings. The molecule has 8 heteroatoms. The highest BCUT2D eigenvalue weighted by atomic mass is 79.9. The molecule has 2 atom stereocenters. The van der Waals surface area contributed by atoms with Crippen LogP contribution in [0.2, 0.25) is 0 Å². The van der Waals surface area contributed by atoms with E-state index in [1.807, 2.05) is 17.0 Å². The molecule has 3 aliphatic rings. The van der Waals surface area contributed by atoms with Gasteiger partial charge in [-0.1, -0.05) is 6.07 Å². The van der Waals surface area contributed by atoms with E-state index in [4.69, 9.17) is 4.74 Å². The zero-order valence-corrected chi connectivity index (χ0v) is 17.9. The first-order chi connectivity index (χ1) is 14.5. The summed E-state index contributed by atoms with van der Waals surface area (Å²) in [6.45, 7) is 1.73. The predicted octanol–water partition coefficient (Wildman–Crippen LogP) is 3.65. The number of amides is 1. The van der Waals surface area contributed by atoms with Crippen LogP contribution < -0.4 is 5.32 Å². The first-order valence-corrected chi connectivity index (χ1v) is 11.0. The van der Waals surface area contributed by atoms with E-state index < -0.39 is 23.2 Å². The lowest BCUT2D eigenvalue weighted by Crippen LogP contribution is -2.55. The van der Waals surface area contributed by atoms with Gasteiger partial charge in [0.1, 0.15) is 10.2 Å². The molecule has 2 aliphatic heterocycles. The van der Waals surface area contributed by atoms with Gasteiger partial charge in [0.25, 0.3) is 0 Å². The summed E-state index contributed by atoms with van der Waals surface area (Å²) < 4.78 is 34.8. The second kappa shape index (κ2) is 7.66. The van der Waals surface area contributed by atoms with Crippen molar-refractivity contribution in [1.29, 1.82) is 0 Å². The van der Waals surface area contributed by atoms with Gasteiger partial charge in [0.2, 0.25) is 5.91 Å². The molecule has 1 N–H and O–H groups in total. The Kier molecular flexibility index (Phi) is 5.11. The van der Waals surface area contributed by atoms with Crippen LogP contribution in [0.1, 0.15) is 36.0 Å². The normalized spacial score (nSPS) is 25.4. The van der Waals surface area contributed by atoms with E-state index in [1.54, 1.807) is 6.20 Å². The lowest BCUT2D eigenvalue weighted by molar-refractivity contribution is -0.157. The van der Waals surface area contributed by atoms with Crippen LogP contribution in [0.15, 0.2) is 35.1 Å². The fourth-order valence-corrected chi connectivity index (χ4v) is 5.10. The number of hydrogen-bond acceptors (Lipinski definition) is 4. The minimum absolute atomic E-state index is 0.0157. The van der Waals surface area contributed by atoms with Gasteiger partial charge in [-0.3, -0.25) is 4.79 Å². The molecule has 1 aromatic carbocycles. The average Bonchev–Trinajstić information content (AvgIpc) is 3.53. The van der Waals surface area contributed by atoms with Gasteiger partial charge in [-0.25, -0.2) is 13.8 Å². The van der Waals surface area contributed by atoms with E-state index in [1.165, 1.54) is 12.1 Å². The lowest BCUT2D eigenvalue weighted by atomic mass is 9.75. The Morgan fingerprint density at radius 1 is 1.33 bits per heavy atom. The minimum atomic E-state index is -0.925. The standard InChI is InChI=1S/C22H22BrF2N3O2/c23-20-13(2-1-6-27-20)11-28(15-3-4-15)21(29)17-10-26-7-5-22(17)16-9-19(25)18(24)8-14(16)12-30-22/h1-2,6,8-9,15,17,26H,3-5,7,10-12H2/t17?,22-/m0/s1. The van der Waals surface area contributed by atoms with Crippen LogP contribution in [0, 0.1) is 17.6 Å². The molecule has 5 nitrogen and oxygen atoms in total. The maximum atomic E-state index is 14.1. The molecular formula is C22H22BrF2N3O2. The SMILES string of the molecule is O=C(C1CNCC[C@@]12OCc1cc(F)c(F)cc12)N(Cc1cccnc1Br)C1CC1. The van der Waals surface area contributed by atoms with E-state index in [-0.39, 0.29) is 18.6 Å². The van der Waals surface area contributed by atoms with E-state index in [0.29, 0.717) is 37.2 Å². The van der Waals surface area contributed by atoms with E-state index in [2.05, 4.69) is 26.2 Å². The molecular weight excluding hydrogens is 456 g/mol. The zero-order chi connectivity index (χ0) is 20.9. The van der Waals surface area contributed by atoms with Crippen molar-refractivity contribution in [2.75, 3.05) is 13.1 Å². The van der Waals surface area contributed by atoms with Crippen LogP contribution in [-0.2, 0) is 28.3 Å². The van der Waals surface area contributed by atoms with Crippen molar-refractivity contribution in [2.24, 2.45) is 5.92 Å². The molecule has 0 bridgehead atoms. The number of hydrogen-bond donors (Lipinski definition) is 1. The summed E-state index contributed by atoms with van der Waals surface area (Å²) in [6.07, 6.45) is 4.17. The van der Waals surface area contributed by atoms with Gasteiger partial charge in [-0.15, -0.1) is 0 Å². The second-order valence-corrected chi connectivity index (χ2v) is 9.01. The Bertz CT molecular complexity index is 1000. The first kappa shape index (κ1) is 20.0. The van der Waals surface area contributed by atoms with Gasteiger partial charge in [-0.2, -0.15) is 0 Å². The predicted molar refractivity (Wildman–Crippen MR) is 109 cm³/mol. The Hall–Kier alpha value is -1.90. The highest BCUT2D eigenvalue weighted by Crippen LogP contribution is 2.48. The summed E-state index contributed by atoms with van der Waals surface area (Å²) in [6, 6.07) is 6.42. The number of nitrogens with one attached hydrogen (secondary N) is 1. The maximum absolute atomic E-state index is 14.1. The number of carbonyl (C=O) groups excluding carboxylic acids is 1. The van der Waals surface area contributed by atoms with Gasteiger partial charge >= 0.3 is 0 Å². The van der Waals surface area contributed by atoms with Gasteiger partial charge in [0.05, 0.1) is 12.5 Å². The summed E-state index contributed by atoms with van der Waals surface area (Å²) in [5, 5.41) is 3.30. The fraction of sp³-hybridized carbons (Fsp3) is 0.455. The van der Waals surface area contributed by atoms with Crippen molar-refractivity contribution in [3.8, 4) is 0 Å². The first-order valence-electron chi connectivity index (χ1n) is 10.2. The summed E-state index contributed by atoms with van der Waals surface area (Å²) in [7, 11) is 0. The van der Waals surface area contributed by atoms with E-state index in [9.17, 15) is 13.6 Å². The fourth-order valence-electron chi connectivity index (χ4n) is 4.72. The molecule has 1 unspecified atom stereocenters. The number of rotatable bonds is 4. The molecule has 158 valence electrons. The van der Waals surface area contributed by atoms with Gasteiger partial charge < -0.3 is 15.0 Å². The molecule has 1 spiro atoms. The number of fused-ring (bicyclic) bond motifs is 2. The zero-order valence-electron chi connectivity index (χ0n) is 16.3. The van der Waals surface area contributed by atoms with Crippen LogP contribution in [-0.4, -0.2) is 34.9 Å². The molecule has 0 radical (unpaired) electrons. The quantitative estimate of drug-likeness (QED) is 0.682. The van der Waals surface area contributed by atoms with Crippen LogP contribution in [0.25, 0.3) is 0 Å². The third kappa shape index (κ3) is 3.35. The Morgan fingerprint density at radius 2 is 2.13 bits per heavy atom. The molecule has 30 heavy (non-hydrogen) atoms. The number of aromatic nitrogens is 1. The van der Waals surface area contributed by atoms with Crippen molar-refractivity contribution in [2.45, 2.75) is 44.1 Å². The number of ether oxygens (including phenoxy) is 1. The molecule has 5 rings (SSSR count). The van der Waals surface area contributed by atoms with Crippen LogP contribution in [0.4, 0.5) is 8.78 Å². The third-order valence-corrected chi connectivity index (χ3v) is 7.13. The number of piperidine rings is 1. The molecule has 1 saturated heterocycles. The van der Waals surface area contributed by atoms with Crippen molar-refractivity contribution in [3.63, 3.8) is 0 Å². The maximum Gasteiger partial charge on any atom is 0.230 e. The Labute approximate surface area is 181 Å². The largest absolute Gasteiger partial charge is 0.365 e. The van der Waals surface area contributed by atoms with Crippen molar-refractivity contribution in [1.82, 2.24) is 15.2 Å². The number of halogens is 3. The van der Waals surface area contributed by atoms with E-state index >= 15 is 0 Å². The second-order valence-electron chi connectivity index (χ2n) is 8.26. The summed E-state index contributed by atoms with van der Waals surface area (Å²) in [5.74, 6) is -2.31. The molecule has 1 saturated carbocycles. The highest BCUT2D eigenvalue weighted by Gasteiger charge is 2.53. The number of benzene rings is 1. The Morgan fingerprint density at radius 3 is 2.90 bits per heavy atom. The van der Waals surface area contributed by atoms with Crippen LogP contribution >= 0.6 is 15.9 Å². The average molecular weight is 478 g/mol. The molecule has 1 aromatic heterocycles. The van der Waals surface area contributed by atoms with Crippen molar-refractivity contribution >= 4 is 21.8 Å². The summed E-state index contributed by atoms with van der Waals surface area (Å²) >= 11 is 3.47. The van der Waals surface area contributed by atoms with Gasteiger partial charge in [0, 0.05) is 30.9 Å². The van der Waals surface area contributed by atoms with Gasteiger partial charge in [0.15, 0.2) is 11.6 Å². The number of pyridine rings is 1. The molecule has 1 aliphatic carbocycles. The summed E-state index contributed by atoms with van der Waals surface area (Å²) in [4.78, 5) is 20.0. The monoisotopic (exact) mass is 477 g/mol. The lowest BCUT2D eigenvalue weighted by Gasteiger charge is -2.42. The minimum Gasteiger partial charge on any atom is -0.365 e.